The van der Waals surface area contributed by atoms with Crippen molar-refractivity contribution in [2.24, 2.45) is 7.05 Å². The van der Waals surface area contributed by atoms with E-state index in [-0.39, 0.29) is 5.92 Å². The van der Waals surface area contributed by atoms with Gasteiger partial charge in [0.2, 0.25) is 0 Å². The second kappa shape index (κ2) is 3.32. The van der Waals surface area contributed by atoms with Gasteiger partial charge in [-0.2, -0.15) is 0 Å². The van der Waals surface area contributed by atoms with Crippen LogP contribution in [0.15, 0.2) is 12.5 Å². The van der Waals surface area contributed by atoms with Gasteiger partial charge in [-0.05, 0) is 12.8 Å². The lowest BCUT2D eigenvalue weighted by molar-refractivity contribution is -0.121. The summed E-state index contributed by atoms with van der Waals surface area (Å²) in [4.78, 5) is 15.8. The van der Waals surface area contributed by atoms with E-state index >= 15 is 0 Å². The third-order valence-corrected chi connectivity index (χ3v) is 2.64. The standard InChI is InChI=1S/C10H14N2O/c1-12-6-9(11-7-12)8-4-2-3-5-10(8)13/h6-8H,2-5H2,1H3. The summed E-state index contributed by atoms with van der Waals surface area (Å²) in [6.45, 7) is 0. The summed E-state index contributed by atoms with van der Waals surface area (Å²) in [5.74, 6) is 0.444. The molecule has 1 heterocycles. The van der Waals surface area contributed by atoms with E-state index in [1.54, 1.807) is 6.33 Å². The van der Waals surface area contributed by atoms with Crippen LogP contribution in [-0.4, -0.2) is 15.3 Å². The molecule has 1 unspecified atom stereocenters. The molecule has 0 spiro atoms. The molecule has 1 atom stereocenters. The van der Waals surface area contributed by atoms with E-state index in [1.165, 1.54) is 0 Å². The first-order valence-electron chi connectivity index (χ1n) is 4.78. The molecule has 0 amide bonds. The van der Waals surface area contributed by atoms with Gasteiger partial charge in [0.15, 0.2) is 0 Å². The molecule has 1 saturated carbocycles. The van der Waals surface area contributed by atoms with Crippen LogP contribution in [0.3, 0.4) is 0 Å². The summed E-state index contributed by atoms with van der Waals surface area (Å²) < 4.78 is 1.90. The Morgan fingerprint density at radius 2 is 2.38 bits per heavy atom. The molecule has 0 saturated heterocycles. The van der Waals surface area contributed by atoms with Gasteiger partial charge >= 0.3 is 0 Å². The van der Waals surface area contributed by atoms with Crippen LogP contribution >= 0.6 is 0 Å². The molecule has 0 aromatic carbocycles. The normalized spacial score (nSPS) is 23.5. The number of carbonyl (C=O) groups excluding carboxylic acids is 1. The molecular weight excluding hydrogens is 164 g/mol. The Labute approximate surface area is 77.8 Å². The number of imidazole rings is 1. The van der Waals surface area contributed by atoms with Crippen molar-refractivity contribution in [2.75, 3.05) is 0 Å². The molecule has 1 fully saturated rings. The predicted molar refractivity (Wildman–Crippen MR) is 49.4 cm³/mol. The summed E-state index contributed by atoms with van der Waals surface area (Å²) >= 11 is 0. The van der Waals surface area contributed by atoms with Crippen molar-refractivity contribution in [3.8, 4) is 0 Å². The zero-order valence-corrected chi connectivity index (χ0v) is 7.86. The SMILES string of the molecule is Cn1cnc(C2CCCCC2=O)c1. The summed E-state index contributed by atoms with van der Waals surface area (Å²) in [6, 6.07) is 0. The molecule has 1 aromatic heterocycles. The van der Waals surface area contributed by atoms with Crippen LogP contribution in [0.1, 0.15) is 37.3 Å². The molecule has 1 aliphatic rings. The molecule has 1 aliphatic carbocycles. The average Bonchev–Trinajstić information content (AvgIpc) is 2.53. The van der Waals surface area contributed by atoms with Crippen molar-refractivity contribution in [3.05, 3.63) is 18.2 Å². The van der Waals surface area contributed by atoms with Gasteiger partial charge in [0.25, 0.3) is 0 Å². The van der Waals surface area contributed by atoms with Crippen molar-refractivity contribution in [2.45, 2.75) is 31.6 Å². The number of hydrogen-bond donors (Lipinski definition) is 0. The van der Waals surface area contributed by atoms with Crippen LogP contribution in [-0.2, 0) is 11.8 Å². The van der Waals surface area contributed by atoms with Gasteiger partial charge in [-0.15, -0.1) is 0 Å². The molecule has 13 heavy (non-hydrogen) atoms. The van der Waals surface area contributed by atoms with Crippen molar-refractivity contribution in [1.29, 1.82) is 0 Å². The molecule has 3 heteroatoms. The smallest absolute Gasteiger partial charge is 0.141 e. The fourth-order valence-corrected chi connectivity index (χ4v) is 1.91. The Morgan fingerprint density at radius 1 is 1.54 bits per heavy atom. The van der Waals surface area contributed by atoms with Gasteiger partial charge in [-0.25, -0.2) is 4.98 Å². The number of hydrogen-bond acceptors (Lipinski definition) is 2. The maximum atomic E-state index is 11.6. The minimum absolute atomic E-state index is 0.0787. The van der Waals surface area contributed by atoms with Crippen molar-refractivity contribution < 1.29 is 4.79 Å². The molecule has 2 rings (SSSR count). The van der Waals surface area contributed by atoms with Crippen LogP contribution in [0.4, 0.5) is 0 Å². The number of rotatable bonds is 1. The van der Waals surface area contributed by atoms with Crippen LogP contribution in [0.5, 0.6) is 0 Å². The highest BCUT2D eigenvalue weighted by Crippen LogP contribution is 2.28. The molecule has 70 valence electrons. The van der Waals surface area contributed by atoms with Gasteiger partial charge in [0.1, 0.15) is 5.78 Å². The van der Waals surface area contributed by atoms with Gasteiger partial charge < -0.3 is 4.57 Å². The minimum Gasteiger partial charge on any atom is -0.340 e. The van der Waals surface area contributed by atoms with E-state index < -0.39 is 0 Å². The minimum atomic E-state index is 0.0787. The lowest BCUT2D eigenvalue weighted by Crippen LogP contribution is -2.17. The lowest BCUT2D eigenvalue weighted by atomic mass is 9.86. The number of ketones is 1. The second-order valence-corrected chi connectivity index (χ2v) is 3.73. The van der Waals surface area contributed by atoms with Crippen molar-refractivity contribution in [1.82, 2.24) is 9.55 Å². The van der Waals surface area contributed by atoms with Crippen molar-refractivity contribution >= 4 is 5.78 Å². The molecule has 0 radical (unpaired) electrons. The molecule has 0 aliphatic heterocycles. The third-order valence-electron chi connectivity index (χ3n) is 2.64. The number of Topliss-reactive ketones (excluding diaryl/α,β-unsaturated/α-hetero) is 1. The van der Waals surface area contributed by atoms with Crippen LogP contribution in [0, 0.1) is 0 Å². The Morgan fingerprint density at radius 3 is 3.00 bits per heavy atom. The highest BCUT2D eigenvalue weighted by Gasteiger charge is 2.25. The predicted octanol–water partition coefficient (Wildman–Crippen LogP) is 1.65. The molecule has 0 bridgehead atoms. The molecule has 0 N–H and O–H groups in total. The van der Waals surface area contributed by atoms with E-state index in [9.17, 15) is 4.79 Å². The Kier molecular flexibility index (Phi) is 2.17. The largest absolute Gasteiger partial charge is 0.340 e. The zero-order valence-electron chi connectivity index (χ0n) is 7.86. The summed E-state index contributed by atoms with van der Waals surface area (Å²) in [7, 11) is 1.93. The van der Waals surface area contributed by atoms with Crippen LogP contribution < -0.4 is 0 Å². The zero-order chi connectivity index (χ0) is 9.26. The first-order chi connectivity index (χ1) is 6.27. The number of carbonyl (C=O) groups is 1. The van der Waals surface area contributed by atoms with E-state index in [0.717, 1.165) is 31.4 Å². The molecule has 1 aromatic rings. The van der Waals surface area contributed by atoms with Crippen LogP contribution in [0.25, 0.3) is 0 Å². The van der Waals surface area contributed by atoms with Gasteiger partial charge in [0.05, 0.1) is 17.9 Å². The summed E-state index contributed by atoms with van der Waals surface area (Å²) in [6.07, 6.45) is 7.65. The maximum Gasteiger partial charge on any atom is 0.141 e. The average molecular weight is 178 g/mol. The Hall–Kier alpha value is -1.12. The first kappa shape index (κ1) is 8.48. The van der Waals surface area contributed by atoms with Gasteiger partial charge in [0, 0.05) is 19.7 Å². The highest BCUT2D eigenvalue weighted by molar-refractivity contribution is 5.85. The summed E-state index contributed by atoms with van der Waals surface area (Å²) in [5.41, 5.74) is 0.951. The van der Waals surface area contributed by atoms with Crippen molar-refractivity contribution in [3.63, 3.8) is 0 Å². The molecular formula is C10H14N2O. The van der Waals surface area contributed by atoms with E-state index in [1.807, 2.05) is 17.8 Å². The fraction of sp³-hybridized carbons (Fsp3) is 0.600. The topological polar surface area (TPSA) is 34.9 Å². The first-order valence-corrected chi connectivity index (χ1v) is 4.78. The summed E-state index contributed by atoms with van der Waals surface area (Å²) in [5, 5.41) is 0. The second-order valence-electron chi connectivity index (χ2n) is 3.73. The third kappa shape index (κ3) is 1.64. The number of aromatic nitrogens is 2. The van der Waals surface area contributed by atoms with E-state index in [0.29, 0.717) is 5.78 Å². The van der Waals surface area contributed by atoms with E-state index in [2.05, 4.69) is 4.98 Å². The lowest BCUT2D eigenvalue weighted by Gasteiger charge is -2.18. The molecule has 3 nitrogen and oxygen atoms in total. The Balaban J connectivity index is 2.19. The van der Waals surface area contributed by atoms with Gasteiger partial charge in [-0.1, -0.05) is 6.42 Å². The highest BCUT2D eigenvalue weighted by atomic mass is 16.1. The fourth-order valence-electron chi connectivity index (χ4n) is 1.91. The number of nitrogens with zero attached hydrogens (tertiary/aromatic N) is 2. The van der Waals surface area contributed by atoms with E-state index in [4.69, 9.17) is 0 Å². The quantitative estimate of drug-likeness (QED) is 0.655. The van der Waals surface area contributed by atoms with Gasteiger partial charge in [-0.3, -0.25) is 4.79 Å². The Bertz CT molecular complexity index is 316. The number of aryl methyl sites for hydroxylation is 1. The van der Waals surface area contributed by atoms with Crippen LogP contribution in [0.2, 0.25) is 0 Å². The maximum absolute atomic E-state index is 11.6. The monoisotopic (exact) mass is 178 g/mol.